The number of hydrogen-bond donors (Lipinski definition) is 2. The van der Waals surface area contributed by atoms with E-state index in [4.69, 9.17) is 5.73 Å². The molecule has 0 heterocycles. The van der Waals surface area contributed by atoms with E-state index in [2.05, 4.69) is 6.92 Å². The van der Waals surface area contributed by atoms with E-state index in [9.17, 15) is 19.5 Å². The van der Waals surface area contributed by atoms with Gasteiger partial charge in [0.05, 0.1) is 6.54 Å². The normalized spacial score (nSPS) is 47.7. The van der Waals surface area contributed by atoms with Crippen LogP contribution >= 0.6 is 0 Å². The topological polar surface area (TPSA) is 97.5 Å². The highest BCUT2D eigenvalue weighted by Gasteiger charge is 2.68. The van der Waals surface area contributed by atoms with Gasteiger partial charge in [0.25, 0.3) is 0 Å². The second kappa shape index (κ2) is 5.59. The molecule has 3 N–H and O–H groups in total. The van der Waals surface area contributed by atoms with Crippen molar-refractivity contribution < 1.29 is 19.5 Å². The van der Waals surface area contributed by atoms with Crippen molar-refractivity contribution in [3.63, 3.8) is 0 Å². The highest BCUT2D eigenvalue weighted by Crippen LogP contribution is 2.66. The van der Waals surface area contributed by atoms with Gasteiger partial charge in [-0.3, -0.25) is 14.4 Å². The second-order valence-electron chi connectivity index (χ2n) is 9.43. The van der Waals surface area contributed by atoms with Crippen molar-refractivity contribution in [1.82, 2.24) is 0 Å². The van der Waals surface area contributed by atoms with Crippen molar-refractivity contribution in [3.05, 3.63) is 11.6 Å². The molecule has 6 atom stereocenters. The fraction of sp³-hybridized carbons (Fsp3) is 0.762. The number of hydrogen-bond acceptors (Lipinski definition) is 5. The van der Waals surface area contributed by atoms with E-state index in [0.717, 1.165) is 31.3 Å². The first-order valence-electron chi connectivity index (χ1n) is 9.90. The molecule has 5 heteroatoms. The Morgan fingerprint density at radius 2 is 1.96 bits per heavy atom. The lowest BCUT2D eigenvalue weighted by Gasteiger charge is -2.57. The Balaban J connectivity index is 1.75. The lowest BCUT2D eigenvalue weighted by atomic mass is 9.46. The van der Waals surface area contributed by atoms with Gasteiger partial charge in [0.2, 0.25) is 0 Å². The summed E-state index contributed by atoms with van der Waals surface area (Å²) in [5, 5.41) is 11.2. The maximum atomic E-state index is 13.4. The number of ketones is 3. The molecular weight excluding hydrogens is 330 g/mol. The minimum atomic E-state index is -1.48. The monoisotopic (exact) mass is 359 g/mol. The van der Waals surface area contributed by atoms with Crippen LogP contribution in [0, 0.1) is 28.6 Å². The standard InChI is InChI=1S/C21H29NO4/c1-19-7-5-13(23)9-12(19)3-4-14-15-6-8-21(26,17(25)11-22)20(15,2)10-16(24)18(14)19/h9,14-15,18,26H,3-8,10-11,22H2,1-2H3/t14-,15-,18+,19-,20+,21-/m1/s1. The summed E-state index contributed by atoms with van der Waals surface area (Å²) >= 11 is 0. The van der Waals surface area contributed by atoms with Crippen molar-refractivity contribution in [2.45, 2.75) is 64.4 Å². The molecule has 0 spiro atoms. The van der Waals surface area contributed by atoms with Gasteiger partial charge in [0, 0.05) is 24.2 Å². The second-order valence-corrected chi connectivity index (χ2v) is 9.43. The summed E-state index contributed by atoms with van der Waals surface area (Å²) in [6, 6.07) is 0. The van der Waals surface area contributed by atoms with Gasteiger partial charge in [-0.2, -0.15) is 0 Å². The summed E-state index contributed by atoms with van der Waals surface area (Å²) in [6.07, 6.45) is 6.13. The summed E-state index contributed by atoms with van der Waals surface area (Å²) in [4.78, 5) is 37.7. The summed E-state index contributed by atoms with van der Waals surface area (Å²) in [5.74, 6) is 0.232. The van der Waals surface area contributed by atoms with Crippen LogP contribution in [-0.2, 0) is 14.4 Å². The van der Waals surface area contributed by atoms with E-state index in [-0.39, 0.29) is 53.5 Å². The summed E-state index contributed by atoms with van der Waals surface area (Å²) in [6.45, 7) is 3.88. The minimum absolute atomic E-state index is 0.0935. The number of carbonyl (C=O) groups excluding carboxylic acids is 3. The highest BCUT2D eigenvalue weighted by molar-refractivity contribution is 5.94. The first kappa shape index (κ1) is 18.1. The van der Waals surface area contributed by atoms with Crippen molar-refractivity contribution in [3.8, 4) is 0 Å². The number of nitrogens with two attached hydrogens (primary N) is 1. The molecule has 3 fully saturated rings. The predicted molar refractivity (Wildman–Crippen MR) is 96.1 cm³/mol. The lowest BCUT2D eigenvalue weighted by Crippen LogP contribution is -2.61. The Labute approximate surface area is 154 Å². The molecule has 0 aromatic rings. The van der Waals surface area contributed by atoms with Crippen LogP contribution in [0.1, 0.15) is 58.8 Å². The van der Waals surface area contributed by atoms with Gasteiger partial charge in [-0.1, -0.05) is 19.4 Å². The van der Waals surface area contributed by atoms with E-state index < -0.39 is 11.0 Å². The zero-order valence-corrected chi connectivity index (χ0v) is 15.7. The van der Waals surface area contributed by atoms with Crippen LogP contribution in [0.4, 0.5) is 0 Å². The third-order valence-electron chi connectivity index (χ3n) is 8.45. The molecule has 0 aromatic heterocycles. The number of carbonyl (C=O) groups is 3. The van der Waals surface area contributed by atoms with Crippen molar-refractivity contribution in [1.29, 1.82) is 0 Å². The molecule has 3 saturated carbocycles. The molecular formula is C21H29NO4. The van der Waals surface area contributed by atoms with Crippen LogP contribution in [0.3, 0.4) is 0 Å². The average molecular weight is 359 g/mol. The maximum Gasteiger partial charge on any atom is 0.178 e. The van der Waals surface area contributed by atoms with Gasteiger partial charge in [0.1, 0.15) is 11.4 Å². The van der Waals surface area contributed by atoms with Gasteiger partial charge in [-0.05, 0) is 55.4 Å². The number of aliphatic hydroxyl groups is 1. The molecule has 26 heavy (non-hydrogen) atoms. The molecule has 142 valence electrons. The summed E-state index contributed by atoms with van der Waals surface area (Å²) in [5.41, 5.74) is 4.27. The molecule has 4 rings (SSSR count). The number of rotatable bonds is 2. The quantitative estimate of drug-likeness (QED) is 0.785. The summed E-state index contributed by atoms with van der Waals surface area (Å²) in [7, 11) is 0. The van der Waals surface area contributed by atoms with E-state index in [0.29, 0.717) is 12.8 Å². The molecule has 0 saturated heterocycles. The lowest BCUT2D eigenvalue weighted by molar-refractivity contribution is -0.168. The van der Waals surface area contributed by atoms with Crippen LogP contribution in [0.5, 0.6) is 0 Å². The van der Waals surface area contributed by atoms with Crippen molar-refractivity contribution >= 4 is 17.3 Å². The Hall–Kier alpha value is -1.33. The molecule has 0 amide bonds. The molecule has 4 aliphatic carbocycles. The Bertz CT molecular complexity index is 728. The zero-order chi connectivity index (χ0) is 18.9. The van der Waals surface area contributed by atoms with Crippen LogP contribution < -0.4 is 5.73 Å². The molecule has 0 unspecified atom stereocenters. The third-order valence-corrected chi connectivity index (χ3v) is 8.45. The largest absolute Gasteiger partial charge is 0.381 e. The van der Waals surface area contributed by atoms with Crippen molar-refractivity contribution in [2.75, 3.05) is 6.54 Å². The van der Waals surface area contributed by atoms with Gasteiger partial charge < -0.3 is 10.8 Å². The molecule has 4 aliphatic rings. The van der Waals surface area contributed by atoms with Gasteiger partial charge >= 0.3 is 0 Å². The Morgan fingerprint density at radius 1 is 1.23 bits per heavy atom. The van der Waals surface area contributed by atoms with E-state index >= 15 is 0 Å². The SMILES string of the molecule is C[C@]12CC(=O)[C@@H]3[C@H](CCC4=CC(=O)CC[C@]43C)[C@H]1CC[C@@]2(O)C(=O)CN. The van der Waals surface area contributed by atoms with Crippen LogP contribution in [0.25, 0.3) is 0 Å². The summed E-state index contributed by atoms with van der Waals surface area (Å²) < 4.78 is 0. The maximum absolute atomic E-state index is 13.4. The smallest absolute Gasteiger partial charge is 0.178 e. The highest BCUT2D eigenvalue weighted by atomic mass is 16.3. The Kier molecular flexibility index (Phi) is 3.88. The molecule has 0 bridgehead atoms. The van der Waals surface area contributed by atoms with E-state index in [1.54, 1.807) is 6.08 Å². The predicted octanol–water partition coefficient (Wildman–Crippen LogP) is 1.96. The fourth-order valence-electron chi connectivity index (χ4n) is 7.01. The molecule has 0 radical (unpaired) electrons. The average Bonchev–Trinajstić information content (AvgIpc) is 2.86. The number of Topliss-reactive ketones (excluding diaryl/α,β-unsaturated/α-hetero) is 2. The fourth-order valence-corrected chi connectivity index (χ4v) is 7.01. The number of allylic oxidation sites excluding steroid dienone is 1. The van der Waals surface area contributed by atoms with Crippen LogP contribution in [0.2, 0.25) is 0 Å². The van der Waals surface area contributed by atoms with Crippen LogP contribution in [0.15, 0.2) is 11.6 Å². The van der Waals surface area contributed by atoms with Gasteiger partial charge in [-0.15, -0.1) is 0 Å². The molecule has 5 nitrogen and oxygen atoms in total. The molecule has 0 aliphatic heterocycles. The first-order chi connectivity index (χ1) is 12.2. The van der Waals surface area contributed by atoms with E-state index in [1.807, 2.05) is 6.92 Å². The van der Waals surface area contributed by atoms with Crippen molar-refractivity contribution in [2.24, 2.45) is 34.3 Å². The van der Waals surface area contributed by atoms with Gasteiger partial charge in [0.15, 0.2) is 11.6 Å². The minimum Gasteiger partial charge on any atom is -0.381 e. The van der Waals surface area contributed by atoms with E-state index in [1.165, 1.54) is 0 Å². The Morgan fingerprint density at radius 3 is 2.65 bits per heavy atom. The number of fused-ring (bicyclic) bond motifs is 5. The van der Waals surface area contributed by atoms with Crippen LogP contribution in [-0.4, -0.2) is 34.6 Å². The molecule has 0 aromatic carbocycles. The van der Waals surface area contributed by atoms with Gasteiger partial charge in [-0.25, -0.2) is 0 Å². The first-order valence-corrected chi connectivity index (χ1v) is 9.90. The third kappa shape index (κ3) is 2.07. The zero-order valence-electron chi connectivity index (χ0n) is 15.7.